The molecule has 5 nitrogen and oxygen atoms in total. The maximum atomic E-state index is 12.5. The smallest absolute Gasteiger partial charge is 0.226 e. The Kier molecular flexibility index (Phi) is 6.63. The van der Waals surface area contributed by atoms with E-state index in [0.29, 0.717) is 11.4 Å². The van der Waals surface area contributed by atoms with Crippen LogP contribution in [0.15, 0.2) is 78.9 Å². The average Bonchev–Trinajstić information content (AvgIpc) is 2.71. The number of ether oxygens (including phenoxy) is 1. The van der Waals surface area contributed by atoms with Gasteiger partial charge in [-0.25, -0.2) is 0 Å². The number of carbonyl (C=O) groups excluding carboxylic acids is 2. The first kappa shape index (κ1) is 20.1. The van der Waals surface area contributed by atoms with E-state index in [-0.39, 0.29) is 24.3 Å². The summed E-state index contributed by atoms with van der Waals surface area (Å²) in [5, 5.41) is 5.70. The molecule has 3 rings (SSSR count). The summed E-state index contributed by atoms with van der Waals surface area (Å²) in [7, 11) is 0. The second kappa shape index (κ2) is 9.55. The fourth-order valence-electron chi connectivity index (χ4n) is 2.93. The van der Waals surface area contributed by atoms with E-state index in [1.807, 2.05) is 61.5 Å². The number of rotatable bonds is 7. The zero-order valence-corrected chi connectivity index (χ0v) is 16.5. The monoisotopic (exact) mass is 388 g/mol. The van der Waals surface area contributed by atoms with E-state index in [9.17, 15) is 9.59 Å². The normalized spacial score (nSPS) is 11.4. The lowest BCUT2D eigenvalue weighted by atomic mass is 10.0. The molecule has 0 aliphatic carbocycles. The highest BCUT2D eigenvalue weighted by Crippen LogP contribution is 2.24. The van der Waals surface area contributed by atoms with Crippen LogP contribution < -0.4 is 15.4 Å². The molecular formula is C24H24N2O3. The maximum absolute atomic E-state index is 12.5. The van der Waals surface area contributed by atoms with Gasteiger partial charge >= 0.3 is 0 Å². The predicted octanol–water partition coefficient (Wildman–Crippen LogP) is 4.99. The number of hydrogen-bond donors (Lipinski definition) is 2. The summed E-state index contributed by atoms with van der Waals surface area (Å²) >= 11 is 0. The van der Waals surface area contributed by atoms with E-state index in [4.69, 9.17) is 4.74 Å². The fourth-order valence-corrected chi connectivity index (χ4v) is 2.93. The van der Waals surface area contributed by atoms with Crippen molar-refractivity contribution in [2.75, 3.05) is 5.32 Å². The van der Waals surface area contributed by atoms with Crippen LogP contribution in [0.4, 0.5) is 5.69 Å². The Morgan fingerprint density at radius 2 is 1.45 bits per heavy atom. The van der Waals surface area contributed by atoms with Gasteiger partial charge < -0.3 is 15.4 Å². The van der Waals surface area contributed by atoms with Crippen LogP contribution in [0, 0.1) is 6.92 Å². The largest absolute Gasteiger partial charge is 0.457 e. The minimum Gasteiger partial charge on any atom is -0.457 e. The van der Waals surface area contributed by atoms with Crippen LogP contribution in [0.5, 0.6) is 11.5 Å². The second-order valence-electron chi connectivity index (χ2n) is 6.86. The first-order valence-electron chi connectivity index (χ1n) is 9.46. The van der Waals surface area contributed by atoms with Gasteiger partial charge in [0, 0.05) is 12.6 Å². The predicted molar refractivity (Wildman–Crippen MR) is 114 cm³/mol. The lowest BCUT2D eigenvalue weighted by Gasteiger charge is -2.18. The Bertz CT molecular complexity index is 952. The van der Waals surface area contributed by atoms with Crippen LogP contribution in [0.25, 0.3) is 0 Å². The SMILES string of the molecule is CC(=O)NC(CC(=O)Nc1ccc(Oc2ccc(C)cc2)cc1)c1ccccc1. The van der Waals surface area contributed by atoms with Gasteiger partial charge in [0.15, 0.2) is 0 Å². The molecule has 29 heavy (non-hydrogen) atoms. The first-order chi connectivity index (χ1) is 14.0. The van der Waals surface area contributed by atoms with E-state index in [1.54, 1.807) is 24.3 Å². The summed E-state index contributed by atoms with van der Waals surface area (Å²) in [6.45, 7) is 3.47. The molecule has 5 heteroatoms. The number of amides is 2. The number of nitrogens with one attached hydrogen (secondary N) is 2. The van der Waals surface area contributed by atoms with Crippen LogP contribution in [-0.4, -0.2) is 11.8 Å². The number of carbonyl (C=O) groups is 2. The highest BCUT2D eigenvalue weighted by Gasteiger charge is 2.17. The molecule has 0 radical (unpaired) electrons. The summed E-state index contributed by atoms with van der Waals surface area (Å²) in [6.07, 6.45) is 0.144. The molecule has 0 aliphatic heterocycles. The lowest BCUT2D eigenvalue weighted by molar-refractivity contribution is -0.120. The van der Waals surface area contributed by atoms with Gasteiger partial charge in [0.25, 0.3) is 0 Å². The zero-order chi connectivity index (χ0) is 20.6. The molecular weight excluding hydrogens is 364 g/mol. The Hall–Kier alpha value is -3.60. The molecule has 0 saturated heterocycles. The van der Waals surface area contributed by atoms with Crippen molar-refractivity contribution < 1.29 is 14.3 Å². The standard InChI is InChI=1S/C24H24N2O3/c1-17-8-12-21(13-9-17)29-22-14-10-20(11-15-22)26-24(28)16-23(25-18(2)27)19-6-4-3-5-7-19/h3-15,23H,16H2,1-2H3,(H,25,27)(H,26,28). The molecule has 0 bridgehead atoms. The number of hydrogen-bond acceptors (Lipinski definition) is 3. The molecule has 0 heterocycles. The lowest BCUT2D eigenvalue weighted by Crippen LogP contribution is -2.29. The van der Waals surface area contributed by atoms with E-state index in [2.05, 4.69) is 10.6 Å². The molecule has 1 atom stereocenters. The molecule has 3 aromatic rings. The van der Waals surface area contributed by atoms with Crippen LogP contribution >= 0.6 is 0 Å². The van der Waals surface area contributed by atoms with Crippen molar-refractivity contribution in [2.24, 2.45) is 0 Å². The number of aryl methyl sites for hydroxylation is 1. The summed E-state index contributed by atoms with van der Waals surface area (Å²) in [5.74, 6) is 1.09. The Morgan fingerprint density at radius 1 is 0.862 bits per heavy atom. The average molecular weight is 388 g/mol. The van der Waals surface area contributed by atoms with Crippen molar-refractivity contribution >= 4 is 17.5 Å². The third-order valence-electron chi connectivity index (χ3n) is 4.36. The van der Waals surface area contributed by atoms with Gasteiger partial charge in [-0.15, -0.1) is 0 Å². The van der Waals surface area contributed by atoms with Gasteiger partial charge in [-0.2, -0.15) is 0 Å². The number of benzene rings is 3. The highest BCUT2D eigenvalue weighted by atomic mass is 16.5. The van der Waals surface area contributed by atoms with Crippen molar-refractivity contribution in [3.63, 3.8) is 0 Å². The Balaban J connectivity index is 1.60. The first-order valence-corrected chi connectivity index (χ1v) is 9.46. The summed E-state index contributed by atoms with van der Waals surface area (Å²) in [5.41, 5.74) is 2.73. The van der Waals surface area contributed by atoms with Crippen LogP contribution in [0.1, 0.15) is 30.5 Å². The van der Waals surface area contributed by atoms with E-state index in [1.165, 1.54) is 12.5 Å². The second-order valence-corrected chi connectivity index (χ2v) is 6.86. The summed E-state index contributed by atoms with van der Waals surface area (Å²) < 4.78 is 5.80. The maximum Gasteiger partial charge on any atom is 0.226 e. The molecule has 1 unspecified atom stereocenters. The molecule has 0 saturated carbocycles. The quantitative estimate of drug-likeness (QED) is 0.599. The molecule has 0 aliphatic rings. The fraction of sp³-hybridized carbons (Fsp3) is 0.167. The van der Waals surface area contributed by atoms with Crippen LogP contribution in [0.3, 0.4) is 0 Å². The molecule has 148 valence electrons. The van der Waals surface area contributed by atoms with Crippen molar-refractivity contribution in [3.8, 4) is 11.5 Å². The van der Waals surface area contributed by atoms with Gasteiger partial charge in [0.05, 0.1) is 12.5 Å². The molecule has 0 spiro atoms. The molecule has 3 aromatic carbocycles. The molecule has 2 amide bonds. The Morgan fingerprint density at radius 3 is 2.03 bits per heavy atom. The van der Waals surface area contributed by atoms with Crippen LogP contribution in [0.2, 0.25) is 0 Å². The Labute approximate surface area is 170 Å². The van der Waals surface area contributed by atoms with Crippen molar-refractivity contribution in [1.82, 2.24) is 5.32 Å². The van der Waals surface area contributed by atoms with Gasteiger partial charge in [-0.1, -0.05) is 48.0 Å². The van der Waals surface area contributed by atoms with Crippen molar-refractivity contribution in [2.45, 2.75) is 26.3 Å². The van der Waals surface area contributed by atoms with Gasteiger partial charge in [-0.05, 0) is 48.9 Å². The zero-order valence-electron chi connectivity index (χ0n) is 16.5. The van der Waals surface area contributed by atoms with Crippen molar-refractivity contribution in [1.29, 1.82) is 0 Å². The molecule has 0 fully saturated rings. The van der Waals surface area contributed by atoms with Crippen molar-refractivity contribution in [3.05, 3.63) is 90.0 Å². The van der Waals surface area contributed by atoms with Gasteiger partial charge in [0.1, 0.15) is 11.5 Å². The van der Waals surface area contributed by atoms with E-state index < -0.39 is 0 Å². The minimum atomic E-state index is -0.377. The summed E-state index contributed by atoms with van der Waals surface area (Å²) in [6, 6.07) is 24.1. The topological polar surface area (TPSA) is 67.4 Å². The highest BCUT2D eigenvalue weighted by molar-refractivity contribution is 5.91. The van der Waals surface area contributed by atoms with E-state index >= 15 is 0 Å². The minimum absolute atomic E-state index is 0.144. The van der Waals surface area contributed by atoms with Crippen LogP contribution in [-0.2, 0) is 9.59 Å². The van der Waals surface area contributed by atoms with E-state index in [0.717, 1.165) is 11.3 Å². The molecule has 2 N–H and O–H groups in total. The van der Waals surface area contributed by atoms with Gasteiger partial charge in [0.2, 0.25) is 11.8 Å². The third-order valence-corrected chi connectivity index (χ3v) is 4.36. The van der Waals surface area contributed by atoms with Gasteiger partial charge in [-0.3, -0.25) is 9.59 Å². The summed E-state index contributed by atoms with van der Waals surface area (Å²) in [4.78, 5) is 24.0. The number of anilines is 1. The third kappa shape index (κ3) is 6.21. The molecule has 0 aromatic heterocycles.